The van der Waals surface area contributed by atoms with Gasteiger partial charge in [-0.3, -0.25) is 4.68 Å². The van der Waals surface area contributed by atoms with Gasteiger partial charge in [-0.2, -0.15) is 5.10 Å². The number of hydrogen-bond donors (Lipinski definition) is 1. The van der Waals surface area contributed by atoms with Gasteiger partial charge in [0.05, 0.1) is 11.4 Å². The molecule has 1 heterocycles. The van der Waals surface area contributed by atoms with E-state index in [0.717, 1.165) is 19.6 Å². The maximum absolute atomic E-state index is 11.9. The van der Waals surface area contributed by atoms with Crippen LogP contribution in [0.25, 0.3) is 0 Å². The van der Waals surface area contributed by atoms with Gasteiger partial charge < -0.3 is 15.4 Å². The Balaban J connectivity index is 2.56. The first kappa shape index (κ1) is 14.5. The fourth-order valence-electron chi connectivity index (χ4n) is 1.79. The van der Waals surface area contributed by atoms with Crippen LogP contribution in [0.1, 0.15) is 30.0 Å². The van der Waals surface area contributed by atoms with E-state index in [4.69, 9.17) is 10.5 Å². The average molecular weight is 254 g/mol. The van der Waals surface area contributed by atoms with Gasteiger partial charge >= 0.3 is 5.97 Å². The van der Waals surface area contributed by atoms with Crippen molar-refractivity contribution in [2.75, 3.05) is 32.0 Å². The summed E-state index contributed by atoms with van der Waals surface area (Å²) >= 11 is 0. The van der Waals surface area contributed by atoms with Crippen LogP contribution in [0.3, 0.4) is 0 Å². The largest absolute Gasteiger partial charge is 0.460 e. The fourth-order valence-corrected chi connectivity index (χ4v) is 1.79. The summed E-state index contributed by atoms with van der Waals surface area (Å²) in [6.45, 7) is 8.91. The first-order valence-corrected chi connectivity index (χ1v) is 6.19. The molecule has 0 bridgehead atoms. The zero-order valence-electron chi connectivity index (χ0n) is 11.6. The summed E-state index contributed by atoms with van der Waals surface area (Å²) in [6.07, 6.45) is 0. The fraction of sp³-hybridized carbons (Fsp3) is 0.667. The molecule has 2 N–H and O–H groups in total. The molecule has 0 aliphatic carbocycles. The molecule has 0 radical (unpaired) electrons. The summed E-state index contributed by atoms with van der Waals surface area (Å²) in [4.78, 5) is 14.1. The SMILES string of the molecule is CCN(CC)CCOC(=O)c1c(N)c(C)nn1C. The van der Waals surface area contributed by atoms with Gasteiger partial charge in [0, 0.05) is 13.6 Å². The van der Waals surface area contributed by atoms with Crippen molar-refractivity contribution in [1.82, 2.24) is 14.7 Å². The molecule has 18 heavy (non-hydrogen) atoms. The molecule has 0 fully saturated rings. The lowest BCUT2D eigenvalue weighted by molar-refractivity contribution is 0.0455. The lowest BCUT2D eigenvalue weighted by atomic mass is 10.3. The Morgan fingerprint density at radius 2 is 2.06 bits per heavy atom. The Morgan fingerprint density at radius 1 is 1.44 bits per heavy atom. The highest BCUT2D eigenvalue weighted by Gasteiger charge is 2.19. The van der Waals surface area contributed by atoms with E-state index in [1.807, 2.05) is 0 Å². The molecule has 6 heteroatoms. The summed E-state index contributed by atoms with van der Waals surface area (Å²) in [5.41, 5.74) is 7.16. The lowest BCUT2D eigenvalue weighted by Gasteiger charge is -2.17. The maximum Gasteiger partial charge on any atom is 0.358 e. The predicted molar refractivity (Wildman–Crippen MR) is 70.4 cm³/mol. The number of carbonyl (C=O) groups is 1. The van der Waals surface area contributed by atoms with Crippen molar-refractivity contribution in [2.24, 2.45) is 7.05 Å². The van der Waals surface area contributed by atoms with Gasteiger partial charge in [0.2, 0.25) is 0 Å². The average Bonchev–Trinajstić information content (AvgIpc) is 2.59. The number of esters is 1. The molecule has 1 aromatic rings. The Morgan fingerprint density at radius 3 is 2.50 bits per heavy atom. The second kappa shape index (κ2) is 6.39. The quantitative estimate of drug-likeness (QED) is 0.760. The van der Waals surface area contributed by atoms with Gasteiger partial charge in [-0.05, 0) is 20.0 Å². The second-order valence-corrected chi connectivity index (χ2v) is 4.13. The third-order valence-corrected chi connectivity index (χ3v) is 3.00. The van der Waals surface area contributed by atoms with Crippen LogP contribution < -0.4 is 5.73 Å². The molecule has 102 valence electrons. The van der Waals surface area contributed by atoms with Gasteiger partial charge in [-0.1, -0.05) is 13.8 Å². The van der Waals surface area contributed by atoms with Crippen molar-refractivity contribution < 1.29 is 9.53 Å². The van der Waals surface area contributed by atoms with Gasteiger partial charge in [-0.25, -0.2) is 4.79 Å². The molecule has 1 aromatic heterocycles. The van der Waals surface area contributed by atoms with Crippen molar-refractivity contribution in [3.8, 4) is 0 Å². The van der Waals surface area contributed by atoms with Crippen molar-refractivity contribution in [1.29, 1.82) is 0 Å². The minimum atomic E-state index is -0.414. The molecular weight excluding hydrogens is 232 g/mol. The Labute approximate surface area is 108 Å². The molecule has 0 saturated heterocycles. The Kier molecular flexibility index (Phi) is 5.15. The summed E-state index contributed by atoms with van der Waals surface area (Å²) in [7, 11) is 1.68. The summed E-state index contributed by atoms with van der Waals surface area (Å²) in [6, 6.07) is 0. The minimum absolute atomic E-state index is 0.326. The van der Waals surface area contributed by atoms with E-state index >= 15 is 0 Å². The third-order valence-electron chi connectivity index (χ3n) is 3.00. The highest BCUT2D eigenvalue weighted by molar-refractivity contribution is 5.93. The van der Waals surface area contributed by atoms with Crippen LogP contribution in [0, 0.1) is 6.92 Å². The van der Waals surface area contributed by atoms with E-state index in [9.17, 15) is 4.79 Å². The van der Waals surface area contributed by atoms with Gasteiger partial charge in [0.25, 0.3) is 0 Å². The summed E-state index contributed by atoms with van der Waals surface area (Å²) in [5.74, 6) is -0.414. The summed E-state index contributed by atoms with van der Waals surface area (Å²) < 4.78 is 6.68. The number of aryl methyl sites for hydroxylation is 2. The van der Waals surface area contributed by atoms with E-state index in [1.54, 1.807) is 14.0 Å². The van der Waals surface area contributed by atoms with Crippen molar-refractivity contribution in [3.05, 3.63) is 11.4 Å². The maximum atomic E-state index is 11.9. The number of nitrogen functional groups attached to an aromatic ring is 1. The number of rotatable bonds is 6. The molecule has 1 rings (SSSR count). The number of anilines is 1. The number of ether oxygens (including phenoxy) is 1. The van der Waals surface area contributed by atoms with Gasteiger partial charge in [0.1, 0.15) is 6.61 Å². The molecule has 0 aliphatic rings. The van der Waals surface area contributed by atoms with Crippen LogP contribution >= 0.6 is 0 Å². The molecule has 0 aromatic carbocycles. The number of hydrogen-bond acceptors (Lipinski definition) is 5. The standard InChI is InChI=1S/C12H22N4O2/c1-5-16(6-2)7-8-18-12(17)11-10(13)9(3)14-15(11)4/h5-8,13H2,1-4H3. The van der Waals surface area contributed by atoms with Crippen molar-refractivity contribution in [2.45, 2.75) is 20.8 Å². The van der Waals surface area contributed by atoms with Crippen LogP contribution in [0.15, 0.2) is 0 Å². The van der Waals surface area contributed by atoms with E-state index < -0.39 is 5.97 Å². The molecule has 0 unspecified atom stereocenters. The van der Waals surface area contributed by atoms with Crippen LogP contribution in [-0.4, -0.2) is 46.9 Å². The molecule has 0 atom stereocenters. The topological polar surface area (TPSA) is 73.4 Å². The van der Waals surface area contributed by atoms with Gasteiger partial charge in [-0.15, -0.1) is 0 Å². The van der Waals surface area contributed by atoms with E-state index in [-0.39, 0.29) is 0 Å². The van der Waals surface area contributed by atoms with Crippen LogP contribution in [0.4, 0.5) is 5.69 Å². The molecule has 0 spiro atoms. The Hall–Kier alpha value is -1.56. The van der Waals surface area contributed by atoms with Crippen molar-refractivity contribution >= 4 is 11.7 Å². The van der Waals surface area contributed by atoms with Crippen molar-refractivity contribution in [3.63, 3.8) is 0 Å². The number of carbonyl (C=O) groups excluding carboxylic acids is 1. The van der Waals surface area contributed by atoms with Crippen LogP contribution in [-0.2, 0) is 11.8 Å². The first-order chi connectivity index (χ1) is 8.51. The molecular formula is C12H22N4O2. The van der Waals surface area contributed by atoms with Crippen LogP contribution in [0.2, 0.25) is 0 Å². The first-order valence-electron chi connectivity index (χ1n) is 6.19. The minimum Gasteiger partial charge on any atom is -0.460 e. The number of likely N-dealkylation sites (N-methyl/N-ethyl adjacent to an activating group) is 1. The number of nitrogens with zero attached hydrogens (tertiary/aromatic N) is 3. The Bertz CT molecular complexity index is 410. The second-order valence-electron chi connectivity index (χ2n) is 4.13. The normalized spacial score (nSPS) is 10.9. The molecule has 0 aliphatic heterocycles. The van der Waals surface area contributed by atoms with Crippen LogP contribution in [0.5, 0.6) is 0 Å². The number of aromatic nitrogens is 2. The highest BCUT2D eigenvalue weighted by Crippen LogP contribution is 2.16. The van der Waals surface area contributed by atoms with Gasteiger partial charge in [0.15, 0.2) is 5.69 Å². The smallest absolute Gasteiger partial charge is 0.358 e. The third kappa shape index (κ3) is 3.22. The van der Waals surface area contributed by atoms with E-state index in [1.165, 1.54) is 4.68 Å². The summed E-state index contributed by atoms with van der Waals surface area (Å²) in [5, 5.41) is 4.09. The predicted octanol–water partition coefficient (Wildman–Crippen LogP) is 0.809. The van der Waals surface area contributed by atoms with E-state index in [0.29, 0.717) is 23.7 Å². The zero-order chi connectivity index (χ0) is 13.7. The molecule has 0 saturated carbocycles. The molecule has 0 amide bonds. The number of nitrogens with two attached hydrogens (primary N) is 1. The zero-order valence-corrected chi connectivity index (χ0v) is 11.6. The molecule has 6 nitrogen and oxygen atoms in total. The lowest BCUT2D eigenvalue weighted by Crippen LogP contribution is -2.28. The van der Waals surface area contributed by atoms with E-state index in [2.05, 4.69) is 23.8 Å². The monoisotopic (exact) mass is 254 g/mol. The highest BCUT2D eigenvalue weighted by atomic mass is 16.5.